The number of fused-ring (bicyclic) bond motifs is 1. The number of amides is 1. The summed E-state index contributed by atoms with van der Waals surface area (Å²) in [6.07, 6.45) is 0. The highest BCUT2D eigenvalue weighted by Gasteiger charge is 2.47. The number of nitrogens with zero attached hydrogens (tertiary/aromatic N) is 2. The summed E-state index contributed by atoms with van der Waals surface area (Å²) < 4.78 is 5.69. The van der Waals surface area contributed by atoms with Gasteiger partial charge in [0, 0.05) is 28.2 Å². The number of anilines is 2. The molecule has 33 heavy (non-hydrogen) atoms. The predicted molar refractivity (Wildman–Crippen MR) is 130 cm³/mol. The van der Waals surface area contributed by atoms with Gasteiger partial charge in [0.05, 0.1) is 17.8 Å². The zero-order valence-electron chi connectivity index (χ0n) is 18.0. The SMILES string of the molecule is Cc1cc(Cl)ccc1N1C(=O)C(=O)/C(=C(\O)c2ccc3c(c2)N(C)CCO3)C1c1cccs1. The molecule has 1 fully saturated rings. The molecule has 2 aliphatic heterocycles. The first-order valence-corrected chi connectivity index (χ1v) is 11.7. The van der Waals surface area contributed by atoms with E-state index >= 15 is 0 Å². The minimum Gasteiger partial charge on any atom is -0.507 e. The highest BCUT2D eigenvalue weighted by atomic mass is 35.5. The predicted octanol–water partition coefficient (Wildman–Crippen LogP) is 5.16. The lowest BCUT2D eigenvalue weighted by molar-refractivity contribution is -0.132. The number of carbonyl (C=O) groups excluding carboxylic acids is 2. The van der Waals surface area contributed by atoms with Gasteiger partial charge >= 0.3 is 0 Å². The van der Waals surface area contributed by atoms with Crippen molar-refractivity contribution in [1.29, 1.82) is 0 Å². The van der Waals surface area contributed by atoms with Gasteiger partial charge in [0.1, 0.15) is 24.2 Å². The Hall–Kier alpha value is -3.29. The Morgan fingerprint density at radius 3 is 2.70 bits per heavy atom. The second-order valence-corrected chi connectivity index (χ2v) is 9.48. The molecule has 1 N–H and O–H groups in total. The van der Waals surface area contributed by atoms with Gasteiger partial charge in [-0.2, -0.15) is 0 Å². The van der Waals surface area contributed by atoms with Gasteiger partial charge in [-0.25, -0.2) is 0 Å². The van der Waals surface area contributed by atoms with Crippen LogP contribution in [0.1, 0.15) is 22.0 Å². The number of ketones is 1. The fourth-order valence-electron chi connectivity index (χ4n) is 4.34. The largest absolute Gasteiger partial charge is 0.507 e. The number of ether oxygens (including phenoxy) is 1. The molecule has 0 radical (unpaired) electrons. The van der Waals surface area contributed by atoms with E-state index in [0.29, 0.717) is 35.2 Å². The van der Waals surface area contributed by atoms with E-state index in [1.807, 2.05) is 36.4 Å². The highest BCUT2D eigenvalue weighted by Crippen LogP contribution is 2.45. The Balaban J connectivity index is 1.69. The fraction of sp³-hybridized carbons (Fsp3) is 0.200. The molecule has 0 saturated carbocycles. The lowest BCUT2D eigenvalue weighted by atomic mass is 9.99. The number of aliphatic hydroxyl groups is 1. The first kappa shape index (κ1) is 21.6. The molecule has 1 aromatic heterocycles. The Morgan fingerprint density at radius 2 is 1.97 bits per heavy atom. The first-order chi connectivity index (χ1) is 15.9. The number of rotatable bonds is 3. The van der Waals surface area contributed by atoms with Crippen molar-refractivity contribution in [3.63, 3.8) is 0 Å². The van der Waals surface area contributed by atoms with E-state index in [1.54, 1.807) is 36.4 Å². The average molecular weight is 481 g/mol. The van der Waals surface area contributed by atoms with Gasteiger partial charge in [0.15, 0.2) is 0 Å². The van der Waals surface area contributed by atoms with E-state index in [1.165, 1.54) is 16.2 Å². The fourth-order valence-corrected chi connectivity index (χ4v) is 5.39. The van der Waals surface area contributed by atoms with E-state index in [9.17, 15) is 14.7 Å². The molecule has 8 heteroatoms. The zero-order valence-corrected chi connectivity index (χ0v) is 19.6. The van der Waals surface area contributed by atoms with Crippen molar-refractivity contribution in [1.82, 2.24) is 0 Å². The quantitative estimate of drug-likeness (QED) is 0.318. The molecule has 168 valence electrons. The van der Waals surface area contributed by atoms with Crippen LogP contribution in [0, 0.1) is 6.92 Å². The van der Waals surface area contributed by atoms with Gasteiger partial charge in [-0.05, 0) is 60.3 Å². The summed E-state index contributed by atoms with van der Waals surface area (Å²) in [4.78, 5) is 30.8. The third-order valence-corrected chi connectivity index (χ3v) is 7.16. The van der Waals surface area contributed by atoms with Crippen LogP contribution in [-0.2, 0) is 9.59 Å². The Bertz CT molecular complexity index is 1300. The lowest BCUT2D eigenvalue weighted by Crippen LogP contribution is -2.29. The average Bonchev–Trinajstić information content (AvgIpc) is 3.41. The maximum atomic E-state index is 13.3. The molecule has 1 amide bonds. The van der Waals surface area contributed by atoms with Crippen molar-refractivity contribution in [2.75, 3.05) is 30.0 Å². The molecular formula is C25H21ClN2O4S. The van der Waals surface area contributed by atoms with Crippen LogP contribution in [-0.4, -0.2) is 37.0 Å². The molecule has 6 nitrogen and oxygen atoms in total. The van der Waals surface area contributed by atoms with Crippen LogP contribution >= 0.6 is 22.9 Å². The van der Waals surface area contributed by atoms with Crippen molar-refractivity contribution in [2.24, 2.45) is 0 Å². The molecule has 2 aliphatic rings. The normalized spacial score (nSPS) is 19.5. The van der Waals surface area contributed by atoms with Gasteiger partial charge in [0.2, 0.25) is 0 Å². The minimum absolute atomic E-state index is 0.0659. The van der Waals surface area contributed by atoms with Crippen molar-refractivity contribution in [3.8, 4) is 5.75 Å². The smallest absolute Gasteiger partial charge is 0.300 e. The van der Waals surface area contributed by atoms with E-state index in [0.717, 1.165) is 16.1 Å². The second kappa shape index (κ2) is 8.24. The summed E-state index contributed by atoms with van der Waals surface area (Å²) in [6.45, 7) is 3.14. The van der Waals surface area contributed by atoms with Crippen LogP contribution in [0.25, 0.3) is 5.76 Å². The van der Waals surface area contributed by atoms with Crippen molar-refractivity contribution < 1.29 is 19.4 Å². The summed E-state index contributed by atoms with van der Waals surface area (Å²) in [7, 11) is 1.94. The van der Waals surface area contributed by atoms with E-state index in [4.69, 9.17) is 16.3 Å². The number of benzene rings is 2. The molecule has 1 unspecified atom stereocenters. The van der Waals surface area contributed by atoms with Crippen LogP contribution in [0.15, 0.2) is 59.5 Å². The first-order valence-electron chi connectivity index (χ1n) is 10.5. The molecule has 1 saturated heterocycles. The number of carbonyl (C=O) groups is 2. The van der Waals surface area contributed by atoms with Crippen LogP contribution in [0.3, 0.4) is 0 Å². The van der Waals surface area contributed by atoms with Gasteiger partial charge < -0.3 is 14.7 Å². The number of aryl methyl sites for hydroxylation is 1. The summed E-state index contributed by atoms with van der Waals surface area (Å²) >= 11 is 7.55. The molecule has 0 spiro atoms. The van der Waals surface area contributed by atoms with Crippen LogP contribution in [0.5, 0.6) is 5.75 Å². The Labute approximate surface area is 200 Å². The van der Waals surface area contributed by atoms with E-state index in [2.05, 4.69) is 0 Å². The van der Waals surface area contributed by atoms with Crippen LogP contribution < -0.4 is 14.5 Å². The Kier molecular flexibility index (Phi) is 5.38. The molecular weight excluding hydrogens is 460 g/mol. The monoisotopic (exact) mass is 480 g/mol. The topological polar surface area (TPSA) is 70.1 Å². The van der Waals surface area contributed by atoms with Crippen molar-refractivity contribution in [3.05, 3.63) is 80.5 Å². The van der Waals surface area contributed by atoms with Gasteiger partial charge in [-0.3, -0.25) is 14.5 Å². The van der Waals surface area contributed by atoms with E-state index in [-0.39, 0.29) is 11.3 Å². The maximum absolute atomic E-state index is 13.3. The lowest BCUT2D eigenvalue weighted by Gasteiger charge is -2.28. The summed E-state index contributed by atoms with van der Waals surface area (Å²) in [5, 5.41) is 13.8. The zero-order chi connectivity index (χ0) is 23.3. The van der Waals surface area contributed by atoms with Crippen LogP contribution in [0.2, 0.25) is 5.02 Å². The molecule has 2 aromatic carbocycles. The summed E-state index contributed by atoms with van der Waals surface area (Å²) in [5.41, 5.74) is 2.69. The minimum atomic E-state index is -0.741. The summed E-state index contributed by atoms with van der Waals surface area (Å²) in [5.74, 6) is -0.892. The van der Waals surface area contributed by atoms with Gasteiger partial charge in [-0.15, -0.1) is 11.3 Å². The number of hydrogen-bond donors (Lipinski definition) is 1. The molecule has 0 aliphatic carbocycles. The molecule has 5 rings (SSSR count). The standard InChI is InChI=1S/C25H21ClN2O4S/c1-14-12-16(26)6-7-17(14)28-22(20-4-3-11-33-20)21(24(30)25(28)31)23(29)15-5-8-19-18(13-15)27(2)9-10-32-19/h3-8,11-13,22,29H,9-10H2,1-2H3/b23-21-. The van der Waals surface area contributed by atoms with Crippen molar-refractivity contribution >= 4 is 51.8 Å². The maximum Gasteiger partial charge on any atom is 0.300 e. The highest BCUT2D eigenvalue weighted by molar-refractivity contribution is 7.10. The third kappa shape index (κ3) is 3.57. The third-order valence-electron chi connectivity index (χ3n) is 6.00. The molecule has 3 heterocycles. The molecule has 3 aromatic rings. The van der Waals surface area contributed by atoms with Gasteiger partial charge in [0.25, 0.3) is 11.7 Å². The second-order valence-electron chi connectivity index (χ2n) is 8.07. The Morgan fingerprint density at radius 1 is 1.15 bits per heavy atom. The number of halogens is 1. The van der Waals surface area contributed by atoms with Crippen LogP contribution in [0.4, 0.5) is 11.4 Å². The molecule has 0 bridgehead atoms. The number of hydrogen-bond acceptors (Lipinski definition) is 6. The number of Topliss-reactive ketones (excluding diaryl/α,β-unsaturated/α-hetero) is 1. The number of thiophene rings is 1. The number of aliphatic hydroxyl groups excluding tert-OH is 1. The molecule has 1 atom stereocenters. The van der Waals surface area contributed by atoms with Crippen molar-refractivity contribution in [2.45, 2.75) is 13.0 Å². The summed E-state index contributed by atoms with van der Waals surface area (Å²) in [6, 6.07) is 13.4. The van der Waals surface area contributed by atoms with E-state index < -0.39 is 17.7 Å². The van der Waals surface area contributed by atoms with Gasteiger partial charge in [-0.1, -0.05) is 17.7 Å². The number of likely N-dealkylation sites (N-methyl/N-ethyl adjacent to an activating group) is 1.